The Labute approximate surface area is 109 Å². The number of amides is 1. The molecule has 0 saturated carbocycles. The summed E-state index contributed by atoms with van der Waals surface area (Å²) in [6.07, 6.45) is 0.480. The lowest BCUT2D eigenvalue weighted by Crippen LogP contribution is -2.31. The molecule has 0 fully saturated rings. The third kappa shape index (κ3) is 3.25. The molecule has 0 bridgehead atoms. The molecule has 0 atom stereocenters. The number of ketones is 1. The lowest BCUT2D eigenvalue weighted by atomic mass is 10.1. The Hall–Kier alpha value is -2.50. The van der Waals surface area contributed by atoms with Gasteiger partial charge in [0.05, 0.1) is 0 Å². The van der Waals surface area contributed by atoms with Crippen LogP contribution < -0.4 is 10.2 Å². The van der Waals surface area contributed by atoms with Gasteiger partial charge in [0.1, 0.15) is 11.5 Å². The molecule has 0 spiro atoms. The van der Waals surface area contributed by atoms with Gasteiger partial charge in [-0.1, -0.05) is 0 Å². The normalized spacial score (nSPS) is 14.4. The lowest BCUT2D eigenvalue weighted by Gasteiger charge is -2.11. The van der Waals surface area contributed by atoms with Crippen LogP contribution >= 0.6 is 0 Å². The zero-order valence-electron chi connectivity index (χ0n) is 10.3. The number of carbonyl (C=O) groups excluding carboxylic acids is 3. The molecule has 19 heavy (non-hydrogen) atoms. The van der Waals surface area contributed by atoms with Crippen molar-refractivity contribution in [1.82, 2.24) is 5.43 Å². The van der Waals surface area contributed by atoms with Gasteiger partial charge >= 0.3 is 5.97 Å². The van der Waals surface area contributed by atoms with Crippen LogP contribution in [0.4, 0.5) is 0 Å². The van der Waals surface area contributed by atoms with Crippen molar-refractivity contribution < 1.29 is 19.1 Å². The topological polar surface area (TPSA) is 84.8 Å². The fourth-order valence-corrected chi connectivity index (χ4v) is 1.54. The Morgan fingerprint density at radius 3 is 2.42 bits per heavy atom. The maximum Gasteiger partial charge on any atom is 0.359 e. The van der Waals surface area contributed by atoms with Crippen molar-refractivity contribution >= 4 is 23.4 Å². The molecule has 0 aromatic heterocycles. The number of hydrogen-bond donors (Lipinski definition) is 1. The van der Waals surface area contributed by atoms with Crippen molar-refractivity contribution in [3.8, 4) is 5.75 Å². The Bertz CT molecular complexity index is 561. The highest BCUT2D eigenvalue weighted by molar-refractivity contribution is 6.37. The molecule has 1 aliphatic heterocycles. The molecule has 98 valence electrons. The van der Waals surface area contributed by atoms with E-state index >= 15 is 0 Å². The SMILES string of the molecule is CC(=O)c1ccc(OC(=O)C2=NNC(=O)CC2)cc1. The minimum Gasteiger partial charge on any atom is -0.422 e. The summed E-state index contributed by atoms with van der Waals surface area (Å²) in [5, 5.41) is 3.64. The zero-order valence-corrected chi connectivity index (χ0v) is 10.3. The second-order valence-corrected chi connectivity index (χ2v) is 4.06. The van der Waals surface area contributed by atoms with E-state index in [4.69, 9.17) is 4.74 Å². The van der Waals surface area contributed by atoms with Crippen LogP contribution in [0.2, 0.25) is 0 Å². The lowest BCUT2D eigenvalue weighted by molar-refractivity contribution is -0.127. The quantitative estimate of drug-likeness (QED) is 0.500. The molecule has 2 rings (SSSR count). The molecule has 1 amide bonds. The molecular formula is C13H12N2O4. The van der Waals surface area contributed by atoms with Gasteiger partial charge in [-0.3, -0.25) is 9.59 Å². The summed E-state index contributed by atoms with van der Waals surface area (Å²) in [5.74, 6) is -0.551. The highest BCUT2D eigenvalue weighted by Crippen LogP contribution is 2.14. The first kappa shape index (κ1) is 12.9. The Morgan fingerprint density at radius 2 is 1.89 bits per heavy atom. The summed E-state index contributed by atoms with van der Waals surface area (Å²) in [6.45, 7) is 1.46. The highest BCUT2D eigenvalue weighted by atomic mass is 16.5. The molecule has 1 aromatic rings. The molecule has 1 aromatic carbocycles. The number of hydrazone groups is 1. The van der Waals surface area contributed by atoms with Crippen molar-refractivity contribution in [1.29, 1.82) is 0 Å². The summed E-state index contributed by atoms with van der Waals surface area (Å²) in [7, 11) is 0. The van der Waals surface area contributed by atoms with E-state index in [0.717, 1.165) is 0 Å². The molecule has 0 radical (unpaired) electrons. The first-order valence-electron chi connectivity index (χ1n) is 5.75. The number of hydrogen-bond acceptors (Lipinski definition) is 5. The largest absolute Gasteiger partial charge is 0.422 e. The Balaban J connectivity index is 2.03. The van der Waals surface area contributed by atoms with Crippen LogP contribution in [0, 0.1) is 0 Å². The minimum atomic E-state index is -0.601. The predicted octanol–water partition coefficient (Wildman–Crippen LogP) is 1.06. The van der Waals surface area contributed by atoms with Gasteiger partial charge in [-0.15, -0.1) is 0 Å². The first-order valence-corrected chi connectivity index (χ1v) is 5.75. The number of esters is 1. The van der Waals surface area contributed by atoms with E-state index in [1.54, 1.807) is 12.1 Å². The number of nitrogens with zero attached hydrogens (tertiary/aromatic N) is 1. The van der Waals surface area contributed by atoms with Crippen LogP contribution in [-0.4, -0.2) is 23.4 Å². The second kappa shape index (κ2) is 5.43. The number of ether oxygens (including phenoxy) is 1. The number of benzene rings is 1. The van der Waals surface area contributed by atoms with Gasteiger partial charge in [0.25, 0.3) is 0 Å². The minimum absolute atomic E-state index is 0.0581. The zero-order chi connectivity index (χ0) is 13.8. The van der Waals surface area contributed by atoms with Crippen molar-refractivity contribution in [3.63, 3.8) is 0 Å². The van der Waals surface area contributed by atoms with Gasteiger partial charge in [-0.05, 0) is 31.2 Å². The maximum absolute atomic E-state index is 11.7. The van der Waals surface area contributed by atoms with Gasteiger partial charge in [-0.2, -0.15) is 5.10 Å². The van der Waals surface area contributed by atoms with Gasteiger partial charge in [-0.25, -0.2) is 10.2 Å². The Morgan fingerprint density at radius 1 is 1.21 bits per heavy atom. The molecule has 0 unspecified atom stereocenters. The van der Waals surface area contributed by atoms with E-state index in [2.05, 4.69) is 10.5 Å². The fraction of sp³-hybridized carbons (Fsp3) is 0.231. The molecule has 1 aliphatic rings. The van der Waals surface area contributed by atoms with Crippen LogP contribution in [0.15, 0.2) is 29.4 Å². The van der Waals surface area contributed by atoms with Crippen LogP contribution in [0.1, 0.15) is 30.1 Å². The first-order chi connectivity index (χ1) is 9.06. The van der Waals surface area contributed by atoms with Crippen molar-refractivity contribution in [3.05, 3.63) is 29.8 Å². The monoisotopic (exact) mass is 260 g/mol. The molecule has 6 heteroatoms. The average Bonchev–Trinajstić information content (AvgIpc) is 2.40. The van der Waals surface area contributed by atoms with Gasteiger partial charge in [0.15, 0.2) is 5.78 Å². The third-order valence-electron chi connectivity index (χ3n) is 2.61. The molecular weight excluding hydrogens is 248 g/mol. The van der Waals surface area contributed by atoms with Crippen molar-refractivity contribution in [2.45, 2.75) is 19.8 Å². The molecule has 6 nitrogen and oxygen atoms in total. The maximum atomic E-state index is 11.7. The number of carbonyl (C=O) groups is 3. The van der Waals surface area contributed by atoms with Crippen molar-refractivity contribution in [2.75, 3.05) is 0 Å². The smallest absolute Gasteiger partial charge is 0.359 e. The summed E-state index contributed by atoms with van der Waals surface area (Å²) in [5.41, 5.74) is 2.95. The van der Waals surface area contributed by atoms with E-state index < -0.39 is 5.97 Å². The van der Waals surface area contributed by atoms with E-state index in [1.165, 1.54) is 19.1 Å². The average molecular weight is 260 g/mol. The number of Topliss-reactive ketones (excluding diaryl/α,β-unsaturated/α-hetero) is 1. The third-order valence-corrected chi connectivity index (χ3v) is 2.61. The molecule has 1 heterocycles. The molecule has 1 N–H and O–H groups in total. The standard InChI is InChI=1S/C13H12N2O4/c1-8(16)9-2-4-10(5-3-9)19-13(18)11-6-7-12(17)15-14-11/h2-5H,6-7H2,1H3,(H,15,17). The van der Waals surface area contributed by atoms with Gasteiger partial charge < -0.3 is 4.74 Å². The second-order valence-electron chi connectivity index (χ2n) is 4.06. The number of nitrogens with one attached hydrogen (secondary N) is 1. The van der Waals surface area contributed by atoms with Crippen LogP contribution in [-0.2, 0) is 9.59 Å². The summed E-state index contributed by atoms with van der Waals surface area (Å²) < 4.78 is 5.09. The van der Waals surface area contributed by atoms with Gasteiger partial charge in [0.2, 0.25) is 5.91 Å². The van der Waals surface area contributed by atoms with E-state index in [1.807, 2.05) is 0 Å². The molecule has 0 saturated heterocycles. The van der Waals surface area contributed by atoms with Crippen molar-refractivity contribution in [2.24, 2.45) is 5.10 Å². The van der Waals surface area contributed by atoms with E-state index in [0.29, 0.717) is 11.3 Å². The van der Waals surface area contributed by atoms with Crippen LogP contribution in [0.25, 0.3) is 0 Å². The highest BCUT2D eigenvalue weighted by Gasteiger charge is 2.20. The van der Waals surface area contributed by atoms with E-state index in [9.17, 15) is 14.4 Å². The van der Waals surface area contributed by atoms with Crippen LogP contribution in [0.3, 0.4) is 0 Å². The Kier molecular flexibility index (Phi) is 3.70. The predicted molar refractivity (Wildman–Crippen MR) is 66.9 cm³/mol. The van der Waals surface area contributed by atoms with Gasteiger partial charge in [0, 0.05) is 18.4 Å². The number of rotatable bonds is 3. The van der Waals surface area contributed by atoms with E-state index in [-0.39, 0.29) is 30.2 Å². The summed E-state index contributed by atoms with van der Waals surface area (Å²) in [6, 6.07) is 6.23. The summed E-state index contributed by atoms with van der Waals surface area (Å²) in [4.78, 5) is 33.7. The fourth-order valence-electron chi connectivity index (χ4n) is 1.54. The summed E-state index contributed by atoms with van der Waals surface area (Å²) >= 11 is 0. The molecule has 0 aliphatic carbocycles. The van der Waals surface area contributed by atoms with Crippen LogP contribution in [0.5, 0.6) is 5.75 Å².